The standard InChI is InChI=1S/C9H9Br2ClO/c10-5-2-6-13-8-4-1-3-7(11)9(8)12/h1,3-4H,2,5-6H2. The van der Waals surface area contributed by atoms with Crippen molar-refractivity contribution in [2.45, 2.75) is 6.42 Å². The van der Waals surface area contributed by atoms with Crippen LogP contribution in [0.25, 0.3) is 0 Å². The molecular weight excluding hydrogens is 319 g/mol. The quantitative estimate of drug-likeness (QED) is 0.592. The molecule has 1 rings (SSSR count). The fourth-order valence-electron chi connectivity index (χ4n) is 0.832. The number of rotatable bonds is 4. The molecule has 0 aliphatic carbocycles. The molecule has 0 radical (unpaired) electrons. The first-order valence-corrected chi connectivity index (χ1v) is 6.17. The third-order valence-electron chi connectivity index (χ3n) is 1.45. The van der Waals surface area contributed by atoms with Gasteiger partial charge in [0.15, 0.2) is 0 Å². The van der Waals surface area contributed by atoms with Gasteiger partial charge in [-0.2, -0.15) is 0 Å². The molecule has 0 aliphatic rings. The summed E-state index contributed by atoms with van der Waals surface area (Å²) in [7, 11) is 0. The number of hydrogen-bond acceptors (Lipinski definition) is 1. The molecule has 0 aliphatic heterocycles. The molecule has 0 saturated carbocycles. The highest BCUT2D eigenvalue weighted by Gasteiger charge is 2.03. The molecule has 0 heterocycles. The first-order chi connectivity index (χ1) is 6.25. The molecular formula is C9H9Br2ClO. The van der Waals surface area contributed by atoms with Gasteiger partial charge in [-0.1, -0.05) is 33.6 Å². The minimum absolute atomic E-state index is 0.636. The van der Waals surface area contributed by atoms with E-state index in [9.17, 15) is 0 Å². The second kappa shape index (κ2) is 5.89. The van der Waals surface area contributed by atoms with Gasteiger partial charge in [0.05, 0.1) is 11.6 Å². The Kier molecular flexibility index (Phi) is 5.14. The Hall–Kier alpha value is 0.270. The maximum Gasteiger partial charge on any atom is 0.139 e. The van der Waals surface area contributed by atoms with Crippen LogP contribution < -0.4 is 4.74 Å². The lowest BCUT2D eigenvalue weighted by molar-refractivity contribution is 0.319. The van der Waals surface area contributed by atoms with Crippen LogP contribution in [0, 0.1) is 0 Å². The van der Waals surface area contributed by atoms with Crippen LogP contribution in [0.5, 0.6) is 5.75 Å². The van der Waals surface area contributed by atoms with Gasteiger partial charge in [0.1, 0.15) is 5.75 Å². The summed E-state index contributed by atoms with van der Waals surface area (Å²) in [6, 6.07) is 5.65. The van der Waals surface area contributed by atoms with Crippen LogP contribution in [0.2, 0.25) is 5.02 Å². The molecule has 0 amide bonds. The van der Waals surface area contributed by atoms with E-state index < -0.39 is 0 Å². The van der Waals surface area contributed by atoms with Crippen molar-refractivity contribution < 1.29 is 4.74 Å². The molecule has 1 aromatic rings. The Morgan fingerprint density at radius 3 is 2.85 bits per heavy atom. The molecule has 0 N–H and O–H groups in total. The first-order valence-electron chi connectivity index (χ1n) is 3.88. The fraction of sp³-hybridized carbons (Fsp3) is 0.333. The average Bonchev–Trinajstić information content (AvgIpc) is 2.13. The van der Waals surface area contributed by atoms with Gasteiger partial charge in [0.2, 0.25) is 0 Å². The van der Waals surface area contributed by atoms with Crippen LogP contribution in [0.4, 0.5) is 0 Å². The molecule has 4 heteroatoms. The predicted octanol–water partition coefficient (Wildman–Crippen LogP) is 4.27. The zero-order valence-corrected chi connectivity index (χ0v) is 10.8. The normalized spacial score (nSPS) is 10.1. The lowest BCUT2D eigenvalue weighted by Gasteiger charge is -2.07. The van der Waals surface area contributed by atoms with Crippen molar-refractivity contribution in [3.05, 3.63) is 27.7 Å². The van der Waals surface area contributed by atoms with E-state index in [2.05, 4.69) is 31.9 Å². The second-order valence-corrected chi connectivity index (χ2v) is 4.47. The number of halogens is 3. The summed E-state index contributed by atoms with van der Waals surface area (Å²) >= 11 is 12.7. The van der Waals surface area contributed by atoms with Crippen molar-refractivity contribution in [3.63, 3.8) is 0 Å². The molecule has 0 spiro atoms. The summed E-state index contributed by atoms with van der Waals surface area (Å²) in [6.45, 7) is 0.682. The van der Waals surface area contributed by atoms with Gasteiger partial charge in [-0.15, -0.1) is 0 Å². The lowest BCUT2D eigenvalue weighted by Crippen LogP contribution is -1.98. The molecule has 0 aromatic heterocycles. The number of hydrogen-bond donors (Lipinski definition) is 0. The van der Waals surface area contributed by atoms with E-state index in [1.54, 1.807) is 0 Å². The van der Waals surface area contributed by atoms with Crippen LogP contribution in [0.1, 0.15) is 6.42 Å². The van der Waals surface area contributed by atoms with Crippen LogP contribution in [0.15, 0.2) is 22.7 Å². The van der Waals surface area contributed by atoms with E-state index in [0.717, 1.165) is 22.0 Å². The van der Waals surface area contributed by atoms with Crippen LogP contribution in [-0.2, 0) is 0 Å². The van der Waals surface area contributed by atoms with Crippen LogP contribution in [-0.4, -0.2) is 11.9 Å². The van der Waals surface area contributed by atoms with Gasteiger partial charge in [-0.25, -0.2) is 0 Å². The highest BCUT2D eigenvalue weighted by Crippen LogP contribution is 2.31. The summed E-state index contributed by atoms with van der Waals surface area (Å²) in [5.41, 5.74) is 0. The SMILES string of the molecule is Clc1c(Br)cccc1OCCCBr. The van der Waals surface area contributed by atoms with Crippen molar-refractivity contribution in [1.82, 2.24) is 0 Å². The van der Waals surface area contributed by atoms with Gasteiger partial charge >= 0.3 is 0 Å². The zero-order valence-electron chi connectivity index (χ0n) is 6.90. The molecule has 0 fully saturated rings. The van der Waals surface area contributed by atoms with Gasteiger partial charge in [0, 0.05) is 9.80 Å². The van der Waals surface area contributed by atoms with E-state index in [0.29, 0.717) is 11.6 Å². The van der Waals surface area contributed by atoms with Crippen molar-refractivity contribution in [1.29, 1.82) is 0 Å². The highest BCUT2D eigenvalue weighted by molar-refractivity contribution is 9.10. The van der Waals surface area contributed by atoms with Crippen LogP contribution in [0.3, 0.4) is 0 Å². The lowest BCUT2D eigenvalue weighted by atomic mass is 10.3. The van der Waals surface area contributed by atoms with E-state index in [1.165, 1.54) is 0 Å². The van der Waals surface area contributed by atoms with Crippen molar-refractivity contribution in [2.24, 2.45) is 0 Å². The van der Waals surface area contributed by atoms with Crippen molar-refractivity contribution >= 4 is 43.5 Å². The van der Waals surface area contributed by atoms with E-state index in [-0.39, 0.29) is 0 Å². The molecule has 0 atom stereocenters. The topological polar surface area (TPSA) is 9.23 Å². The maximum atomic E-state index is 5.99. The largest absolute Gasteiger partial charge is 0.492 e. The van der Waals surface area contributed by atoms with Gasteiger partial charge in [0.25, 0.3) is 0 Å². The Labute approximate surface area is 99.7 Å². The van der Waals surface area contributed by atoms with Crippen molar-refractivity contribution in [3.8, 4) is 5.75 Å². The molecule has 0 unspecified atom stereocenters. The molecule has 1 aromatic carbocycles. The third kappa shape index (κ3) is 3.49. The van der Waals surface area contributed by atoms with E-state index in [4.69, 9.17) is 16.3 Å². The number of benzene rings is 1. The third-order valence-corrected chi connectivity index (χ3v) is 3.29. The number of alkyl halides is 1. The summed E-state index contributed by atoms with van der Waals surface area (Å²) in [4.78, 5) is 0. The Morgan fingerprint density at radius 1 is 1.38 bits per heavy atom. The molecule has 0 saturated heterocycles. The Bertz CT molecular complexity index is 278. The molecule has 72 valence electrons. The summed E-state index contributed by atoms with van der Waals surface area (Å²) in [6.07, 6.45) is 0.975. The van der Waals surface area contributed by atoms with Gasteiger partial charge < -0.3 is 4.74 Å². The van der Waals surface area contributed by atoms with Gasteiger partial charge in [-0.3, -0.25) is 0 Å². The molecule has 13 heavy (non-hydrogen) atoms. The molecule has 0 bridgehead atoms. The fourth-order valence-corrected chi connectivity index (χ4v) is 1.59. The highest BCUT2D eigenvalue weighted by atomic mass is 79.9. The average molecular weight is 328 g/mol. The zero-order chi connectivity index (χ0) is 9.68. The minimum atomic E-state index is 0.636. The van der Waals surface area contributed by atoms with Crippen molar-refractivity contribution in [2.75, 3.05) is 11.9 Å². The molecule has 1 nitrogen and oxygen atoms in total. The van der Waals surface area contributed by atoms with Crippen LogP contribution >= 0.6 is 43.5 Å². The summed E-state index contributed by atoms with van der Waals surface area (Å²) in [5.74, 6) is 0.733. The number of ether oxygens (including phenoxy) is 1. The predicted molar refractivity (Wildman–Crippen MR) is 63.1 cm³/mol. The first kappa shape index (κ1) is 11.3. The monoisotopic (exact) mass is 326 g/mol. The van der Waals surface area contributed by atoms with Gasteiger partial charge in [-0.05, 0) is 34.5 Å². The maximum absolute atomic E-state index is 5.99. The van der Waals surface area contributed by atoms with E-state index in [1.807, 2.05) is 18.2 Å². The summed E-state index contributed by atoms with van der Waals surface area (Å²) < 4.78 is 6.33. The Morgan fingerprint density at radius 2 is 2.15 bits per heavy atom. The summed E-state index contributed by atoms with van der Waals surface area (Å²) in [5, 5.41) is 1.58. The second-order valence-electron chi connectivity index (χ2n) is 2.44. The minimum Gasteiger partial charge on any atom is -0.492 e. The Balaban J connectivity index is 2.61. The smallest absolute Gasteiger partial charge is 0.139 e. The van der Waals surface area contributed by atoms with E-state index >= 15 is 0 Å².